The normalized spacial score (nSPS) is 12.7. The molecule has 0 aliphatic carbocycles. The van der Waals surface area contributed by atoms with Gasteiger partial charge in [0.15, 0.2) is 11.5 Å². The molecule has 0 saturated heterocycles. The van der Waals surface area contributed by atoms with Crippen molar-refractivity contribution < 1.29 is 14.3 Å². The monoisotopic (exact) mass is 443 g/mol. The van der Waals surface area contributed by atoms with Crippen LogP contribution >= 0.6 is 11.6 Å². The Morgan fingerprint density at radius 3 is 2.71 bits per heavy atom. The number of aromatic nitrogens is 2. The van der Waals surface area contributed by atoms with E-state index in [-0.39, 0.29) is 24.6 Å². The molecule has 0 fully saturated rings. The maximum Gasteiger partial charge on any atom is 0.331 e. The van der Waals surface area contributed by atoms with Crippen molar-refractivity contribution in [3.8, 4) is 11.5 Å². The topological polar surface area (TPSA) is 91.6 Å². The Balaban J connectivity index is 1.48. The van der Waals surface area contributed by atoms with Gasteiger partial charge in [0.05, 0.1) is 15.9 Å². The summed E-state index contributed by atoms with van der Waals surface area (Å²) in [6.07, 6.45) is 0.534. The number of carbonyl (C=O) groups is 1. The fourth-order valence-electron chi connectivity index (χ4n) is 3.66. The van der Waals surface area contributed by atoms with E-state index in [1.807, 2.05) is 6.07 Å². The lowest BCUT2D eigenvalue weighted by atomic mass is 10.1. The highest BCUT2D eigenvalue weighted by atomic mass is 35.5. The van der Waals surface area contributed by atoms with Crippen molar-refractivity contribution in [1.29, 1.82) is 0 Å². The lowest BCUT2D eigenvalue weighted by Gasteiger charge is -2.20. The number of ether oxygens (including phenoxy) is 2. The molecule has 4 rings (SSSR count). The first-order valence-electron chi connectivity index (χ1n) is 10.1. The zero-order valence-corrected chi connectivity index (χ0v) is 17.8. The van der Waals surface area contributed by atoms with Crippen molar-refractivity contribution in [1.82, 2.24) is 14.5 Å². The van der Waals surface area contributed by atoms with Gasteiger partial charge < -0.3 is 14.8 Å². The third-order valence-corrected chi connectivity index (χ3v) is 5.42. The average Bonchev–Trinajstić information content (AvgIpc) is 2.77. The summed E-state index contributed by atoms with van der Waals surface area (Å²) in [6, 6.07) is 10.4. The van der Waals surface area contributed by atoms with Crippen molar-refractivity contribution >= 4 is 28.4 Å². The number of hydrogen-bond acceptors (Lipinski definition) is 5. The number of amides is 1. The van der Waals surface area contributed by atoms with Crippen LogP contribution in [0, 0.1) is 0 Å². The summed E-state index contributed by atoms with van der Waals surface area (Å²) in [5.74, 6) is 0.815. The second-order valence-electron chi connectivity index (χ2n) is 7.14. The second-order valence-corrected chi connectivity index (χ2v) is 7.54. The van der Waals surface area contributed by atoms with Crippen molar-refractivity contribution in [2.45, 2.75) is 26.4 Å². The first kappa shape index (κ1) is 21.0. The maximum absolute atomic E-state index is 12.7. The third-order valence-electron chi connectivity index (χ3n) is 5.14. The molecule has 0 bridgehead atoms. The number of nitrogens with one attached hydrogen (secondary N) is 1. The fourth-order valence-corrected chi connectivity index (χ4v) is 3.94. The van der Waals surface area contributed by atoms with Crippen LogP contribution in [0.3, 0.4) is 0 Å². The highest BCUT2D eigenvalue weighted by Gasteiger charge is 2.17. The fraction of sp³-hybridized carbons (Fsp3) is 0.318. The van der Waals surface area contributed by atoms with Crippen LogP contribution in [0.1, 0.15) is 12.5 Å². The zero-order chi connectivity index (χ0) is 22.0. The predicted molar refractivity (Wildman–Crippen MR) is 117 cm³/mol. The molecule has 9 heteroatoms. The number of hydrogen-bond donors (Lipinski definition) is 1. The first-order valence-corrected chi connectivity index (χ1v) is 10.4. The molecule has 1 aromatic heterocycles. The lowest BCUT2D eigenvalue weighted by Crippen LogP contribution is -2.42. The van der Waals surface area contributed by atoms with E-state index in [4.69, 9.17) is 21.1 Å². The van der Waals surface area contributed by atoms with Gasteiger partial charge >= 0.3 is 5.69 Å². The van der Waals surface area contributed by atoms with E-state index < -0.39 is 5.69 Å². The van der Waals surface area contributed by atoms with Gasteiger partial charge in [0.1, 0.15) is 19.8 Å². The molecule has 1 amide bonds. The number of benzene rings is 2. The summed E-state index contributed by atoms with van der Waals surface area (Å²) in [7, 11) is 0. The van der Waals surface area contributed by atoms with Crippen LogP contribution in [-0.2, 0) is 24.3 Å². The molecule has 2 aromatic carbocycles. The van der Waals surface area contributed by atoms with Gasteiger partial charge in [0.25, 0.3) is 5.56 Å². The van der Waals surface area contributed by atoms with Crippen LogP contribution in [0.4, 0.5) is 0 Å². The summed E-state index contributed by atoms with van der Waals surface area (Å²) in [6.45, 7) is 3.06. The Labute approximate surface area is 183 Å². The Morgan fingerprint density at radius 2 is 1.90 bits per heavy atom. The van der Waals surface area contributed by atoms with Crippen molar-refractivity contribution in [3.05, 3.63) is 67.8 Å². The largest absolute Gasteiger partial charge is 0.486 e. The third kappa shape index (κ3) is 4.16. The Kier molecular flexibility index (Phi) is 5.99. The van der Waals surface area contributed by atoms with Crippen LogP contribution < -0.4 is 26.0 Å². The Morgan fingerprint density at radius 1 is 1.13 bits per heavy atom. The second kappa shape index (κ2) is 8.85. The van der Waals surface area contributed by atoms with Gasteiger partial charge in [-0.15, -0.1) is 0 Å². The highest BCUT2D eigenvalue weighted by Crippen LogP contribution is 2.38. The number of para-hydroxylation sites is 1. The summed E-state index contributed by atoms with van der Waals surface area (Å²) in [5, 5.41) is 3.70. The predicted octanol–water partition coefficient (Wildman–Crippen LogP) is 1.97. The first-order chi connectivity index (χ1) is 15.0. The van der Waals surface area contributed by atoms with Gasteiger partial charge in [-0.25, -0.2) is 4.79 Å². The van der Waals surface area contributed by atoms with Crippen LogP contribution in [-0.4, -0.2) is 34.8 Å². The standard InChI is InChI=1S/C22H22ClN3O5/c1-2-25-21(28)15-5-3-4-6-17(15)26(22(25)29)13-19(27)24-8-7-14-11-16(23)20-18(12-14)30-9-10-31-20/h3-6,11-12H,2,7-10,13H2,1H3,(H,24,27). The summed E-state index contributed by atoms with van der Waals surface area (Å²) >= 11 is 6.25. The van der Waals surface area contributed by atoms with E-state index in [0.717, 1.165) is 10.1 Å². The van der Waals surface area contributed by atoms with E-state index in [9.17, 15) is 14.4 Å². The molecule has 1 aliphatic heterocycles. The smallest absolute Gasteiger partial charge is 0.331 e. The number of carbonyl (C=O) groups excluding carboxylic acids is 1. The number of nitrogens with zero attached hydrogens (tertiary/aromatic N) is 2. The molecule has 0 radical (unpaired) electrons. The van der Waals surface area contributed by atoms with Gasteiger partial charge in [0, 0.05) is 13.1 Å². The molecular weight excluding hydrogens is 422 g/mol. The molecule has 0 spiro atoms. The van der Waals surface area contributed by atoms with Crippen LogP contribution in [0.2, 0.25) is 5.02 Å². The minimum Gasteiger partial charge on any atom is -0.486 e. The maximum atomic E-state index is 12.7. The molecule has 162 valence electrons. The van der Waals surface area contributed by atoms with E-state index in [2.05, 4.69) is 5.32 Å². The van der Waals surface area contributed by atoms with Crippen LogP contribution in [0.25, 0.3) is 10.9 Å². The molecular formula is C22H22ClN3O5. The highest BCUT2D eigenvalue weighted by molar-refractivity contribution is 6.32. The lowest BCUT2D eigenvalue weighted by molar-refractivity contribution is -0.121. The quantitative estimate of drug-likeness (QED) is 0.629. The Hall–Kier alpha value is -3.26. The van der Waals surface area contributed by atoms with Crippen LogP contribution in [0.15, 0.2) is 46.0 Å². The summed E-state index contributed by atoms with van der Waals surface area (Å²) in [5.41, 5.74) is 0.489. The average molecular weight is 444 g/mol. The van der Waals surface area contributed by atoms with Crippen molar-refractivity contribution in [2.75, 3.05) is 19.8 Å². The molecule has 1 aliphatic rings. The molecule has 2 heterocycles. The zero-order valence-electron chi connectivity index (χ0n) is 17.0. The SMILES string of the molecule is CCn1c(=O)c2ccccc2n(CC(=O)NCCc2cc(Cl)c3c(c2)OCCO3)c1=O. The minimum absolute atomic E-state index is 0.179. The van der Waals surface area contributed by atoms with E-state index >= 15 is 0 Å². The Bertz CT molecular complexity index is 1260. The van der Waals surface area contributed by atoms with Gasteiger partial charge in [0.2, 0.25) is 5.91 Å². The number of fused-ring (bicyclic) bond motifs is 2. The van der Waals surface area contributed by atoms with E-state index in [1.165, 1.54) is 4.57 Å². The van der Waals surface area contributed by atoms with Gasteiger partial charge in [-0.2, -0.15) is 0 Å². The number of halogens is 1. The minimum atomic E-state index is -0.500. The molecule has 0 atom stereocenters. The molecule has 1 N–H and O–H groups in total. The summed E-state index contributed by atoms with van der Waals surface area (Å²) in [4.78, 5) is 37.8. The molecule has 8 nitrogen and oxygen atoms in total. The van der Waals surface area contributed by atoms with Gasteiger partial charge in [-0.3, -0.25) is 18.7 Å². The molecule has 0 unspecified atom stereocenters. The van der Waals surface area contributed by atoms with E-state index in [0.29, 0.717) is 53.6 Å². The summed E-state index contributed by atoms with van der Waals surface area (Å²) < 4.78 is 13.5. The molecule has 31 heavy (non-hydrogen) atoms. The van der Waals surface area contributed by atoms with Crippen molar-refractivity contribution in [2.24, 2.45) is 0 Å². The van der Waals surface area contributed by atoms with Crippen LogP contribution in [0.5, 0.6) is 11.5 Å². The van der Waals surface area contributed by atoms with E-state index in [1.54, 1.807) is 37.3 Å². The van der Waals surface area contributed by atoms with Crippen molar-refractivity contribution in [3.63, 3.8) is 0 Å². The van der Waals surface area contributed by atoms with Gasteiger partial charge in [-0.1, -0.05) is 23.7 Å². The van der Waals surface area contributed by atoms with Gasteiger partial charge in [-0.05, 0) is 43.2 Å². The molecule has 0 saturated carbocycles. The number of rotatable bonds is 6. The molecule has 3 aromatic rings.